The van der Waals surface area contributed by atoms with Crippen LogP contribution in [0.15, 0.2) is 48.5 Å². The van der Waals surface area contributed by atoms with Gasteiger partial charge < -0.3 is 14.7 Å². The lowest BCUT2D eigenvalue weighted by Gasteiger charge is -2.22. The van der Waals surface area contributed by atoms with Gasteiger partial charge in [-0.15, -0.1) is 11.3 Å². The summed E-state index contributed by atoms with van der Waals surface area (Å²) in [5.74, 6) is -0.162. The molecule has 0 radical (unpaired) electrons. The number of nitrogens with zero attached hydrogens (tertiary/aromatic N) is 3. The first kappa shape index (κ1) is 24.2. The van der Waals surface area contributed by atoms with Crippen LogP contribution in [-0.2, 0) is 16.6 Å². The molecule has 0 spiro atoms. The van der Waals surface area contributed by atoms with Crippen molar-refractivity contribution in [1.29, 1.82) is 5.26 Å². The van der Waals surface area contributed by atoms with Gasteiger partial charge >= 0.3 is 0 Å². The fourth-order valence-electron chi connectivity index (χ4n) is 2.95. The van der Waals surface area contributed by atoms with E-state index in [1.54, 1.807) is 43.3 Å². The lowest BCUT2D eigenvalue weighted by molar-refractivity contribution is 0.0977. The van der Waals surface area contributed by atoms with E-state index < -0.39 is 15.9 Å². The van der Waals surface area contributed by atoms with Crippen LogP contribution in [0.1, 0.15) is 26.5 Å². The molecular weight excluding hydrogens is 464 g/mol. The number of nitriles is 1. The van der Waals surface area contributed by atoms with Crippen molar-refractivity contribution >= 4 is 38.1 Å². The molecule has 1 heterocycles. The predicted molar refractivity (Wildman–Crippen MR) is 125 cm³/mol. The van der Waals surface area contributed by atoms with E-state index in [1.807, 2.05) is 21.8 Å². The first-order valence-electron chi connectivity index (χ1n) is 9.80. The number of sulfonamides is 1. The van der Waals surface area contributed by atoms with Crippen molar-refractivity contribution in [2.45, 2.75) is 13.5 Å². The summed E-state index contributed by atoms with van der Waals surface area (Å²) in [5.41, 5.74) is 2.21. The highest BCUT2D eigenvalue weighted by Gasteiger charge is 2.22. The molecule has 0 bridgehead atoms. The molecule has 3 aromatic rings. The highest BCUT2D eigenvalue weighted by atomic mass is 32.2. The second-order valence-corrected chi connectivity index (χ2v) is 10.00. The van der Waals surface area contributed by atoms with Crippen molar-refractivity contribution in [1.82, 2.24) is 9.71 Å². The van der Waals surface area contributed by atoms with Crippen LogP contribution in [0, 0.1) is 18.3 Å². The van der Waals surface area contributed by atoms with Crippen molar-refractivity contribution in [2.75, 3.05) is 24.4 Å². The van der Waals surface area contributed by atoms with Crippen molar-refractivity contribution in [3.8, 4) is 11.8 Å². The second-order valence-electron chi connectivity index (χ2n) is 7.07. The Morgan fingerprint density at radius 1 is 1.21 bits per heavy atom. The normalized spacial score (nSPS) is 11.0. The van der Waals surface area contributed by atoms with Crippen LogP contribution < -0.4 is 14.4 Å². The van der Waals surface area contributed by atoms with E-state index in [0.29, 0.717) is 27.9 Å². The molecule has 0 aliphatic rings. The SMILES string of the molecule is Cc1sc(N(Cc2ccc(OCCO)cc2)c2ccc(C#N)cc2)nc1C(=O)NS(C)(=O)=O. The van der Waals surface area contributed by atoms with Gasteiger partial charge in [-0.3, -0.25) is 4.79 Å². The van der Waals surface area contributed by atoms with E-state index in [1.165, 1.54) is 11.3 Å². The summed E-state index contributed by atoms with van der Waals surface area (Å²) in [5, 5.41) is 18.5. The monoisotopic (exact) mass is 486 g/mol. The maximum absolute atomic E-state index is 12.4. The molecule has 172 valence electrons. The molecule has 0 aliphatic carbocycles. The van der Waals surface area contributed by atoms with Gasteiger partial charge in [0.05, 0.1) is 31.0 Å². The number of anilines is 2. The van der Waals surface area contributed by atoms with Crippen LogP contribution in [0.25, 0.3) is 0 Å². The van der Waals surface area contributed by atoms with Crippen LogP contribution in [0.5, 0.6) is 5.75 Å². The summed E-state index contributed by atoms with van der Waals surface area (Å²) in [4.78, 5) is 19.2. The number of amides is 1. The fourth-order valence-corrected chi connectivity index (χ4v) is 4.31. The quantitative estimate of drug-likeness (QED) is 0.472. The van der Waals surface area contributed by atoms with Gasteiger partial charge in [-0.05, 0) is 48.9 Å². The van der Waals surface area contributed by atoms with Crippen LogP contribution in [-0.4, -0.2) is 43.9 Å². The minimum atomic E-state index is -3.73. The summed E-state index contributed by atoms with van der Waals surface area (Å²) < 4.78 is 30.3. The lowest BCUT2D eigenvalue weighted by Crippen LogP contribution is -2.30. The van der Waals surface area contributed by atoms with Gasteiger partial charge in [0, 0.05) is 10.6 Å². The zero-order valence-electron chi connectivity index (χ0n) is 18.0. The fraction of sp³-hybridized carbons (Fsp3) is 0.227. The van der Waals surface area contributed by atoms with Gasteiger partial charge in [0.25, 0.3) is 5.91 Å². The van der Waals surface area contributed by atoms with Crippen molar-refractivity contribution < 1.29 is 23.1 Å². The molecule has 0 fully saturated rings. The third-order valence-corrected chi connectivity index (χ3v) is 5.99. The average Bonchev–Trinajstić information content (AvgIpc) is 3.17. The Hall–Kier alpha value is -3.46. The Bertz CT molecular complexity index is 1260. The Labute approximate surface area is 195 Å². The van der Waals surface area contributed by atoms with Gasteiger partial charge in [0.1, 0.15) is 18.1 Å². The van der Waals surface area contributed by atoms with Crippen molar-refractivity contribution in [3.63, 3.8) is 0 Å². The molecule has 0 atom stereocenters. The molecule has 0 saturated carbocycles. The number of aromatic nitrogens is 1. The van der Waals surface area contributed by atoms with E-state index in [2.05, 4.69) is 11.1 Å². The number of thiazole rings is 1. The molecule has 9 nitrogen and oxygen atoms in total. The number of hydrogen-bond donors (Lipinski definition) is 2. The largest absolute Gasteiger partial charge is 0.491 e. The van der Waals surface area contributed by atoms with E-state index in [4.69, 9.17) is 15.1 Å². The van der Waals surface area contributed by atoms with Gasteiger partial charge in [0.15, 0.2) is 5.13 Å². The number of nitrogens with one attached hydrogen (secondary N) is 1. The molecule has 0 saturated heterocycles. The highest BCUT2D eigenvalue weighted by Crippen LogP contribution is 2.33. The zero-order valence-corrected chi connectivity index (χ0v) is 19.6. The zero-order chi connectivity index (χ0) is 24.0. The van der Waals surface area contributed by atoms with E-state index >= 15 is 0 Å². The van der Waals surface area contributed by atoms with Crippen molar-refractivity contribution in [3.05, 3.63) is 70.2 Å². The second kappa shape index (κ2) is 10.4. The van der Waals surface area contributed by atoms with Crippen LogP contribution in [0.2, 0.25) is 0 Å². The third-order valence-electron chi connectivity index (χ3n) is 4.44. The van der Waals surface area contributed by atoms with E-state index in [0.717, 1.165) is 17.5 Å². The molecule has 1 amide bonds. The highest BCUT2D eigenvalue weighted by molar-refractivity contribution is 7.89. The number of hydrogen-bond acceptors (Lipinski definition) is 9. The number of benzene rings is 2. The maximum Gasteiger partial charge on any atom is 0.284 e. The topological polar surface area (TPSA) is 133 Å². The Kier molecular flexibility index (Phi) is 7.65. The number of aliphatic hydroxyl groups is 1. The molecule has 3 rings (SSSR count). The summed E-state index contributed by atoms with van der Waals surface area (Å²) in [6.45, 7) is 2.22. The molecule has 2 N–H and O–H groups in total. The Morgan fingerprint density at radius 2 is 1.88 bits per heavy atom. The number of rotatable bonds is 9. The molecular formula is C22H22N4O5S2. The summed E-state index contributed by atoms with van der Waals surface area (Å²) in [6, 6.07) is 16.4. The maximum atomic E-state index is 12.4. The van der Waals surface area contributed by atoms with Gasteiger partial charge in [-0.25, -0.2) is 18.1 Å². The lowest BCUT2D eigenvalue weighted by atomic mass is 10.1. The molecule has 1 aromatic heterocycles. The molecule has 11 heteroatoms. The number of ether oxygens (including phenoxy) is 1. The van der Waals surface area contributed by atoms with Crippen LogP contribution in [0.3, 0.4) is 0 Å². The van der Waals surface area contributed by atoms with E-state index in [9.17, 15) is 13.2 Å². The molecule has 0 unspecified atom stereocenters. The van der Waals surface area contributed by atoms with Gasteiger partial charge in [0.2, 0.25) is 10.0 Å². The Balaban J connectivity index is 1.95. The Morgan fingerprint density at radius 3 is 2.45 bits per heavy atom. The molecule has 2 aromatic carbocycles. The van der Waals surface area contributed by atoms with Crippen LogP contribution in [0.4, 0.5) is 10.8 Å². The minimum Gasteiger partial charge on any atom is -0.491 e. The average molecular weight is 487 g/mol. The standard InChI is InChI=1S/C22H22N4O5S2/c1-15-20(21(28)25-33(2,29)30)24-22(32-15)26(18-7-3-16(13-23)4-8-18)14-17-5-9-19(10-6-17)31-12-11-27/h3-10,27H,11-12,14H2,1-2H3,(H,25,28). The number of aryl methyl sites for hydroxylation is 1. The van der Waals surface area contributed by atoms with Gasteiger partial charge in [-0.1, -0.05) is 12.1 Å². The number of aliphatic hydroxyl groups excluding tert-OH is 1. The predicted octanol–water partition coefficient (Wildman–Crippen LogP) is 2.72. The van der Waals surface area contributed by atoms with Crippen LogP contribution >= 0.6 is 11.3 Å². The van der Waals surface area contributed by atoms with Gasteiger partial charge in [-0.2, -0.15) is 5.26 Å². The molecule has 33 heavy (non-hydrogen) atoms. The summed E-state index contributed by atoms with van der Waals surface area (Å²) in [6.07, 6.45) is 0.907. The van der Waals surface area contributed by atoms with E-state index in [-0.39, 0.29) is 18.9 Å². The first-order chi connectivity index (χ1) is 15.7. The summed E-state index contributed by atoms with van der Waals surface area (Å²) in [7, 11) is -3.73. The number of carbonyl (C=O) groups is 1. The van der Waals surface area contributed by atoms with Crippen molar-refractivity contribution in [2.24, 2.45) is 0 Å². The summed E-state index contributed by atoms with van der Waals surface area (Å²) >= 11 is 1.26. The third kappa shape index (κ3) is 6.52. The minimum absolute atomic E-state index is 0.0341. The smallest absolute Gasteiger partial charge is 0.284 e. The molecule has 0 aliphatic heterocycles. The number of carbonyl (C=O) groups excluding carboxylic acids is 1. The first-order valence-corrected chi connectivity index (χ1v) is 12.5.